The average Bonchev–Trinajstić information content (AvgIpc) is 3.29. The zero-order valence-electron chi connectivity index (χ0n) is 36.9. The molecule has 0 aliphatic rings. The minimum Gasteiger partial charge on any atom is -0.497 e. The maximum atomic E-state index is 13.9. The predicted molar refractivity (Wildman–Crippen MR) is 243 cm³/mol. The van der Waals surface area contributed by atoms with Crippen LogP contribution in [-0.2, 0) is 29.0 Å². The van der Waals surface area contributed by atoms with E-state index in [-0.39, 0.29) is 50.8 Å². The van der Waals surface area contributed by atoms with Crippen molar-refractivity contribution in [1.82, 2.24) is 15.3 Å². The highest BCUT2D eigenvalue weighted by atomic mass is 31.2. The van der Waals surface area contributed by atoms with Crippen LogP contribution in [0.2, 0.25) is 0 Å². The first kappa shape index (κ1) is 47.5. The molecule has 0 heterocycles. The molecule has 328 valence electrons. The Morgan fingerprint density at radius 2 is 1.24 bits per heavy atom. The maximum absolute atomic E-state index is 13.9. The summed E-state index contributed by atoms with van der Waals surface area (Å²) in [6.45, 7) is 9.95. The van der Waals surface area contributed by atoms with E-state index in [2.05, 4.69) is 49.1 Å². The summed E-state index contributed by atoms with van der Waals surface area (Å²) in [5, 5.41) is 17.2. The van der Waals surface area contributed by atoms with E-state index in [9.17, 15) is 14.9 Å². The van der Waals surface area contributed by atoms with Gasteiger partial charge < -0.3 is 38.6 Å². The lowest BCUT2D eigenvalue weighted by molar-refractivity contribution is -0.127. The topological polar surface area (TPSA) is 141 Å². The fraction of sp³-hybridized carbons (Fsp3) is 0.367. The number of rotatable bonds is 23. The van der Waals surface area contributed by atoms with E-state index in [4.69, 9.17) is 28.0 Å². The molecule has 13 heteroatoms. The van der Waals surface area contributed by atoms with Gasteiger partial charge in [0.15, 0.2) is 0 Å². The minimum absolute atomic E-state index is 0.00224. The lowest BCUT2D eigenvalue weighted by Crippen LogP contribution is -2.48. The molecule has 0 aliphatic heterocycles. The zero-order chi connectivity index (χ0) is 44.6. The van der Waals surface area contributed by atoms with Crippen LogP contribution in [0.25, 0.3) is 10.8 Å². The van der Waals surface area contributed by atoms with Gasteiger partial charge in [-0.3, -0.25) is 9.59 Å². The first-order valence-electron chi connectivity index (χ1n) is 20.8. The van der Waals surface area contributed by atoms with Gasteiger partial charge in [-0.2, -0.15) is 5.26 Å². The molecule has 0 aromatic heterocycles. The molecule has 0 bridgehead atoms. The number of nitrogens with one attached hydrogen (secondary N) is 2. The van der Waals surface area contributed by atoms with Crippen molar-refractivity contribution in [2.24, 2.45) is 0 Å². The van der Waals surface area contributed by atoms with Crippen LogP contribution in [0.3, 0.4) is 0 Å². The van der Waals surface area contributed by atoms with Gasteiger partial charge >= 0.3 is 0 Å². The smallest absolute Gasteiger partial charge is 0.259 e. The fourth-order valence-corrected chi connectivity index (χ4v) is 8.94. The normalized spacial score (nSPS) is 13.1. The van der Waals surface area contributed by atoms with E-state index < -0.39 is 32.0 Å². The average molecular weight is 863 g/mol. The van der Waals surface area contributed by atoms with Crippen LogP contribution in [0.4, 0.5) is 0 Å². The highest BCUT2D eigenvalue weighted by Gasteiger charge is 2.39. The second kappa shape index (κ2) is 23.1. The molecule has 0 spiro atoms. The number of amides is 2. The second-order valence-electron chi connectivity index (χ2n) is 15.3. The summed E-state index contributed by atoms with van der Waals surface area (Å²) in [6.07, 6.45) is 0.199. The molecule has 0 radical (unpaired) electrons. The van der Waals surface area contributed by atoms with Crippen molar-refractivity contribution in [3.8, 4) is 23.3 Å². The van der Waals surface area contributed by atoms with E-state index in [1.165, 1.54) is 0 Å². The summed E-state index contributed by atoms with van der Waals surface area (Å²) in [7, 11) is 3.22. The third kappa shape index (κ3) is 12.1. The third-order valence-corrected chi connectivity index (χ3v) is 12.6. The Hall–Kier alpha value is -5.54. The molecular weight excluding hydrogens is 804 g/mol. The van der Waals surface area contributed by atoms with E-state index >= 15 is 0 Å². The Morgan fingerprint density at radius 3 is 1.81 bits per heavy atom. The number of carbonyl (C=O) groups excluding carboxylic acids is 2. The van der Waals surface area contributed by atoms with Gasteiger partial charge in [-0.25, -0.2) is 4.67 Å². The summed E-state index contributed by atoms with van der Waals surface area (Å²) < 4.78 is 38.5. The predicted octanol–water partition coefficient (Wildman–Crippen LogP) is 8.87. The van der Waals surface area contributed by atoms with E-state index in [0.29, 0.717) is 11.5 Å². The van der Waals surface area contributed by atoms with Crippen LogP contribution < -0.4 is 24.8 Å². The van der Waals surface area contributed by atoms with Gasteiger partial charge in [-0.15, -0.1) is 0 Å². The molecule has 12 nitrogen and oxygen atoms in total. The zero-order valence-corrected chi connectivity index (χ0v) is 37.8. The Morgan fingerprint density at radius 1 is 0.694 bits per heavy atom. The van der Waals surface area contributed by atoms with Crippen LogP contribution in [0, 0.1) is 11.3 Å². The first-order valence-corrected chi connectivity index (χ1v) is 21.9. The van der Waals surface area contributed by atoms with Gasteiger partial charge in [0.05, 0.1) is 72.1 Å². The molecule has 5 aromatic rings. The summed E-state index contributed by atoms with van der Waals surface area (Å²) in [4.78, 5) is 27.4. The quantitative estimate of drug-likeness (QED) is 0.0372. The molecular formula is C49H59N4O8P. The molecule has 0 fully saturated rings. The van der Waals surface area contributed by atoms with Gasteiger partial charge in [0.1, 0.15) is 22.8 Å². The third-order valence-electron chi connectivity index (χ3n) is 10.5. The largest absolute Gasteiger partial charge is 0.497 e. The van der Waals surface area contributed by atoms with Crippen molar-refractivity contribution >= 4 is 31.1 Å². The number of nitrogens with zero attached hydrogens (tertiary/aromatic N) is 2. The van der Waals surface area contributed by atoms with Crippen LogP contribution in [0.1, 0.15) is 69.2 Å². The summed E-state index contributed by atoms with van der Waals surface area (Å²) in [5.41, 5.74) is 2.14. The standard InChI is InChI=1S/C49H59N4O8P/c1-34(2)53(35(3)4)62(60-28-12-27-50)61-33-43(52-47(54)31-51-48(55)36(5)37-15-16-39-30-46(58-8)22-17-38(39)29-37)32-59-49(40-13-10-9-11-14-40,41-18-23-44(56-6)24-19-41)42-20-25-45(57-7)26-21-42/h9-11,13-26,29-30,34-36,43H,12,28,31-33H2,1-8H3,(H,51,55)(H,52,54)/t36-,43?,62?/m0/s1. The molecule has 5 rings (SSSR count). The number of methoxy groups -OCH3 is 3. The lowest BCUT2D eigenvalue weighted by Gasteiger charge is -2.38. The first-order chi connectivity index (χ1) is 29.9. The minimum atomic E-state index is -1.65. The summed E-state index contributed by atoms with van der Waals surface area (Å²) in [5.74, 6) is 0.885. The molecule has 5 aromatic carbocycles. The van der Waals surface area contributed by atoms with Crippen LogP contribution >= 0.6 is 8.53 Å². The highest BCUT2D eigenvalue weighted by Crippen LogP contribution is 2.46. The molecule has 3 atom stereocenters. The molecule has 0 aliphatic carbocycles. The highest BCUT2D eigenvalue weighted by molar-refractivity contribution is 7.44. The number of nitriles is 1. The van der Waals surface area contributed by atoms with Gasteiger partial charge in [0.2, 0.25) is 11.8 Å². The van der Waals surface area contributed by atoms with Crippen molar-refractivity contribution in [3.05, 3.63) is 138 Å². The van der Waals surface area contributed by atoms with Gasteiger partial charge in [0.25, 0.3) is 8.53 Å². The number of hydrogen-bond donors (Lipinski definition) is 2. The van der Waals surface area contributed by atoms with Crippen LogP contribution in [0.15, 0.2) is 115 Å². The second-order valence-corrected chi connectivity index (χ2v) is 16.8. The summed E-state index contributed by atoms with van der Waals surface area (Å²) >= 11 is 0. The van der Waals surface area contributed by atoms with Gasteiger partial charge in [-0.1, -0.05) is 78.9 Å². The van der Waals surface area contributed by atoms with Gasteiger partial charge in [-0.05, 0) is 104 Å². The number of ether oxygens (including phenoxy) is 4. The van der Waals surface area contributed by atoms with Crippen molar-refractivity contribution < 1.29 is 37.6 Å². The maximum Gasteiger partial charge on any atom is 0.259 e. The Labute approximate surface area is 367 Å². The number of benzene rings is 5. The van der Waals surface area contributed by atoms with Crippen molar-refractivity contribution in [2.75, 3.05) is 47.7 Å². The lowest BCUT2D eigenvalue weighted by atomic mass is 9.80. The molecule has 2 amide bonds. The molecule has 0 saturated carbocycles. The fourth-order valence-electron chi connectivity index (χ4n) is 7.29. The van der Waals surface area contributed by atoms with Crippen LogP contribution in [-0.4, -0.2) is 82.3 Å². The molecule has 2 unspecified atom stereocenters. The summed E-state index contributed by atoms with van der Waals surface area (Å²) in [6, 6.07) is 38.5. The SMILES string of the molecule is COc1ccc(C(OCC(COP(OCCC#N)N(C(C)C)C(C)C)NC(=O)CNC(=O)[C@@H](C)c2ccc3cc(OC)ccc3c2)(c2ccccc2)c2ccc(OC)cc2)cc1. The van der Waals surface area contributed by atoms with E-state index in [1.807, 2.05) is 122 Å². The van der Waals surface area contributed by atoms with E-state index in [1.54, 1.807) is 21.3 Å². The van der Waals surface area contributed by atoms with Crippen LogP contribution in [0.5, 0.6) is 17.2 Å². The van der Waals surface area contributed by atoms with E-state index in [0.717, 1.165) is 38.8 Å². The monoisotopic (exact) mass is 862 g/mol. The van der Waals surface area contributed by atoms with Crippen molar-refractivity contribution in [1.29, 1.82) is 5.26 Å². The van der Waals surface area contributed by atoms with Crippen molar-refractivity contribution in [3.63, 3.8) is 0 Å². The molecule has 2 N–H and O–H groups in total. The Balaban J connectivity index is 1.45. The van der Waals surface area contributed by atoms with Gasteiger partial charge in [0, 0.05) is 12.1 Å². The Bertz CT molecular complexity index is 2180. The number of fused-ring (bicyclic) bond motifs is 1. The number of hydrogen-bond acceptors (Lipinski definition) is 10. The number of carbonyl (C=O) groups is 2. The van der Waals surface area contributed by atoms with Crippen molar-refractivity contribution in [2.45, 2.75) is 70.7 Å². The molecule has 0 saturated heterocycles. The molecule has 62 heavy (non-hydrogen) atoms. The Kier molecular flexibility index (Phi) is 17.7.